The number of halogens is 3. The van der Waals surface area contributed by atoms with E-state index >= 15 is 0 Å². The summed E-state index contributed by atoms with van der Waals surface area (Å²) in [5.74, 6) is -2.49. The molecule has 99 valence electrons. The van der Waals surface area contributed by atoms with Crippen molar-refractivity contribution in [1.29, 1.82) is 0 Å². The van der Waals surface area contributed by atoms with Crippen molar-refractivity contribution in [3.8, 4) is 0 Å². The predicted octanol–water partition coefficient (Wildman–Crippen LogP) is 1.40. The van der Waals surface area contributed by atoms with Crippen LogP contribution >= 0.6 is 47.8 Å². The molecule has 0 atom stereocenters. The number of hydrogen-bond acceptors (Lipinski definition) is 3. The number of hydrogen-bond donors (Lipinski definition) is 3. The molecular formula is C6H9Br3CoO6. The zero-order chi connectivity index (χ0) is 12.9. The van der Waals surface area contributed by atoms with Gasteiger partial charge in [-0.3, -0.25) is 14.4 Å². The quantitative estimate of drug-likeness (QED) is 0.532. The van der Waals surface area contributed by atoms with Gasteiger partial charge in [0, 0.05) is 16.8 Å². The molecule has 0 aromatic rings. The van der Waals surface area contributed by atoms with Crippen LogP contribution in [0.3, 0.4) is 0 Å². The van der Waals surface area contributed by atoms with Crippen molar-refractivity contribution >= 4 is 65.7 Å². The van der Waals surface area contributed by atoms with E-state index in [-0.39, 0.29) is 32.8 Å². The molecule has 3 N–H and O–H groups in total. The Kier molecular flexibility index (Phi) is 32.7. The molecule has 0 saturated carbocycles. The van der Waals surface area contributed by atoms with E-state index in [1.807, 2.05) is 0 Å². The predicted molar refractivity (Wildman–Crippen MR) is 64.3 cm³/mol. The third-order valence-corrected chi connectivity index (χ3v) is 1.78. The van der Waals surface area contributed by atoms with E-state index in [2.05, 4.69) is 47.8 Å². The molecule has 0 unspecified atom stereocenters. The van der Waals surface area contributed by atoms with Crippen LogP contribution in [-0.2, 0) is 31.2 Å². The van der Waals surface area contributed by atoms with Crippen LogP contribution in [0.4, 0.5) is 0 Å². The number of alkyl halides is 3. The molecule has 0 aromatic heterocycles. The second-order valence-corrected chi connectivity index (χ2v) is 3.26. The van der Waals surface area contributed by atoms with Gasteiger partial charge in [0.25, 0.3) is 0 Å². The normalized spacial score (nSPS) is 6.94. The molecule has 0 fully saturated rings. The maximum Gasteiger partial charge on any atom is 0.314 e. The van der Waals surface area contributed by atoms with Gasteiger partial charge in [0.1, 0.15) is 16.0 Å². The summed E-state index contributed by atoms with van der Waals surface area (Å²) in [5.41, 5.74) is 0. The minimum Gasteiger partial charge on any atom is -0.481 e. The van der Waals surface area contributed by atoms with Crippen molar-refractivity contribution in [2.45, 2.75) is 0 Å². The van der Waals surface area contributed by atoms with Gasteiger partial charge in [-0.1, -0.05) is 47.8 Å². The summed E-state index contributed by atoms with van der Waals surface area (Å²) in [7, 11) is 0. The third-order valence-electron chi connectivity index (χ3n) is 0.343. The Morgan fingerprint density at radius 3 is 0.750 bits per heavy atom. The van der Waals surface area contributed by atoms with Crippen molar-refractivity contribution in [2.75, 3.05) is 16.0 Å². The first-order valence-electron chi connectivity index (χ1n) is 3.15. The summed E-state index contributed by atoms with van der Waals surface area (Å²) in [4.78, 5) is 28.0. The van der Waals surface area contributed by atoms with E-state index in [1.54, 1.807) is 0 Å². The standard InChI is InChI=1S/3C2H3BrO2.Co/c3*3-1-2(4)5;/h3*1H2,(H,4,5);. The summed E-state index contributed by atoms with van der Waals surface area (Å²) >= 11 is 8.14. The minimum absolute atomic E-state index is 0. The van der Waals surface area contributed by atoms with Crippen LogP contribution in [0.15, 0.2) is 0 Å². The van der Waals surface area contributed by atoms with Crippen molar-refractivity contribution < 1.29 is 46.5 Å². The average molecular weight is 476 g/mol. The van der Waals surface area contributed by atoms with Gasteiger partial charge >= 0.3 is 17.9 Å². The Morgan fingerprint density at radius 1 is 0.688 bits per heavy atom. The van der Waals surface area contributed by atoms with Crippen molar-refractivity contribution in [3.63, 3.8) is 0 Å². The number of carbonyl (C=O) groups is 3. The van der Waals surface area contributed by atoms with Crippen LogP contribution in [0.25, 0.3) is 0 Å². The smallest absolute Gasteiger partial charge is 0.314 e. The van der Waals surface area contributed by atoms with Gasteiger partial charge < -0.3 is 15.3 Å². The Bertz CT molecular complexity index is 167. The molecule has 0 bridgehead atoms. The first-order chi connectivity index (χ1) is 6.81. The van der Waals surface area contributed by atoms with E-state index in [1.165, 1.54) is 0 Å². The summed E-state index contributed by atoms with van der Waals surface area (Å²) < 4.78 is 0. The second-order valence-electron chi connectivity index (χ2n) is 1.58. The molecule has 16 heavy (non-hydrogen) atoms. The average Bonchev–Trinajstić information content (AvgIpc) is 2.19. The van der Waals surface area contributed by atoms with Crippen molar-refractivity contribution in [1.82, 2.24) is 0 Å². The van der Waals surface area contributed by atoms with Crippen LogP contribution < -0.4 is 0 Å². The van der Waals surface area contributed by atoms with Gasteiger partial charge in [0.05, 0.1) is 0 Å². The Hall–Kier alpha value is 0.356. The molecule has 0 aliphatic rings. The van der Waals surface area contributed by atoms with Gasteiger partial charge in [-0.2, -0.15) is 0 Å². The minimum atomic E-state index is -0.829. The van der Waals surface area contributed by atoms with E-state index in [4.69, 9.17) is 15.3 Å². The molecule has 0 heterocycles. The molecule has 0 rings (SSSR count). The number of carboxylic acids is 3. The van der Waals surface area contributed by atoms with Gasteiger partial charge in [-0.25, -0.2) is 0 Å². The van der Waals surface area contributed by atoms with Crippen LogP contribution in [0.2, 0.25) is 0 Å². The molecule has 10 heteroatoms. The number of rotatable bonds is 3. The van der Waals surface area contributed by atoms with Crippen LogP contribution in [0, 0.1) is 0 Å². The topological polar surface area (TPSA) is 112 Å². The molecule has 0 aliphatic heterocycles. The third kappa shape index (κ3) is 63.4. The molecule has 0 amide bonds. The maximum absolute atomic E-state index is 9.32. The fourth-order valence-electron chi connectivity index (χ4n) is 0. The van der Waals surface area contributed by atoms with E-state index in [0.29, 0.717) is 0 Å². The van der Waals surface area contributed by atoms with E-state index in [0.717, 1.165) is 0 Å². The SMILES string of the molecule is O=C(O)CBr.O=C(O)CBr.O=C(O)CBr.[Co]. The zero-order valence-electron chi connectivity index (χ0n) is 7.65. The van der Waals surface area contributed by atoms with E-state index < -0.39 is 17.9 Å². The Labute approximate surface area is 127 Å². The first kappa shape index (κ1) is 25.3. The molecule has 1 radical (unpaired) electrons. The van der Waals surface area contributed by atoms with Crippen LogP contribution in [0.5, 0.6) is 0 Å². The largest absolute Gasteiger partial charge is 0.481 e. The summed E-state index contributed by atoms with van der Waals surface area (Å²) in [6, 6.07) is 0. The summed E-state index contributed by atoms with van der Waals surface area (Å²) in [5, 5.41) is 23.1. The summed E-state index contributed by atoms with van der Waals surface area (Å²) in [6.45, 7) is 0. The maximum atomic E-state index is 9.32. The van der Waals surface area contributed by atoms with Gasteiger partial charge in [0.2, 0.25) is 0 Å². The molecule has 0 aromatic carbocycles. The molecule has 0 aliphatic carbocycles. The van der Waals surface area contributed by atoms with E-state index in [9.17, 15) is 14.4 Å². The van der Waals surface area contributed by atoms with Crippen molar-refractivity contribution in [3.05, 3.63) is 0 Å². The number of aliphatic carboxylic acids is 3. The molecule has 6 nitrogen and oxygen atoms in total. The second kappa shape index (κ2) is 20.7. The van der Waals surface area contributed by atoms with Gasteiger partial charge in [0.15, 0.2) is 0 Å². The Balaban J connectivity index is -0.0000000655. The first-order valence-corrected chi connectivity index (χ1v) is 6.51. The van der Waals surface area contributed by atoms with Crippen LogP contribution in [0.1, 0.15) is 0 Å². The Morgan fingerprint density at radius 2 is 0.750 bits per heavy atom. The monoisotopic (exact) mass is 473 g/mol. The van der Waals surface area contributed by atoms with Crippen molar-refractivity contribution in [2.24, 2.45) is 0 Å². The number of carboxylic acid groups (broad SMARTS) is 3. The van der Waals surface area contributed by atoms with Crippen LogP contribution in [-0.4, -0.2) is 49.2 Å². The summed E-state index contributed by atoms with van der Waals surface area (Å²) in [6.07, 6.45) is 0. The molecular weight excluding hydrogens is 467 g/mol. The van der Waals surface area contributed by atoms with Gasteiger partial charge in [-0.15, -0.1) is 0 Å². The molecule has 0 saturated heterocycles. The fraction of sp³-hybridized carbons (Fsp3) is 0.500. The molecule has 0 spiro atoms. The fourth-order valence-corrected chi connectivity index (χ4v) is 0. The zero-order valence-corrected chi connectivity index (χ0v) is 13.5. The van der Waals surface area contributed by atoms with Gasteiger partial charge in [-0.05, 0) is 0 Å².